The molecule has 7 heteroatoms. The van der Waals surface area contributed by atoms with Crippen molar-refractivity contribution >= 4 is 16.8 Å². The van der Waals surface area contributed by atoms with E-state index in [1.165, 1.54) is 12.3 Å². The standard InChI is InChI=1S/C25H19FN4O2/c26-22-9-5-18(24-21(22)14-29-30-24)13-28-25(31)17-4-8-20(23(11-17)32-19-6-7-19)16-3-1-2-15(10-16)12-27/h1-5,8-11,14,19H,6-7,13H2,(H,28,31)(H,29,30). The van der Waals surface area contributed by atoms with Crippen LogP contribution < -0.4 is 10.1 Å². The number of carbonyl (C=O) groups excluding carboxylic acids is 1. The minimum absolute atomic E-state index is 0.152. The van der Waals surface area contributed by atoms with Gasteiger partial charge in [-0.1, -0.05) is 18.2 Å². The third kappa shape index (κ3) is 3.91. The number of ether oxygens (including phenoxy) is 1. The molecule has 0 saturated heterocycles. The summed E-state index contributed by atoms with van der Waals surface area (Å²) in [7, 11) is 0. The molecule has 2 N–H and O–H groups in total. The van der Waals surface area contributed by atoms with Crippen LogP contribution in [-0.2, 0) is 6.54 Å². The summed E-state index contributed by atoms with van der Waals surface area (Å²) in [5.41, 5.74) is 4.03. The van der Waals surface area contributed by atoms with Crippen molar-refractivity contribution in [3.63, 3.8) is 0 Å². The fraction of sp³-hybridized carbons (Fsp3) is 0.160. The molecule has 1 amide bonds. The predicted molar refractivity (Wildman–Crippen MR) is 117 cm³/mol. The molecule has 1 saturated carbocycles. The molecule has 32 heavy (non-hydrogen) atoms. The number of nitriles is 1. The Labute approximate surface area is 183 Å². The Hall–Kier alpha value is -4.18. The highest BCUT2D eigenvalue weighted by Crippen LogP contribution is 2.36. The molecule has 0 aliphatic heterocycles. The number of hydrogen-bond acceptors (Lipinski definition) is 4. The van der Waals surface area contributed by atoms with Crippen molar-refractivity contribution in [2.24, 2.45) is 0 Å². The van der Waals surface area contributed by atoms with Crippen LogP contribution in [0.1, 0.15) is 34.3 Å². The lowest BCUT2D eigenvalue weighted by atomic mass is 10.0. The molecule has 6 nitrogen and oxygen atoms in total. The lowest BCUT2D eigenvalue weighted by Gasteiger charge is -2.14. The van der Waals surface area contributed by atoms with E-state index in [1.54, 1.807) is 30.3 Å². The lowest BCUT2D eigenvalue weighted by molar-refractivity contribution is 0.0950. The van der Waals surface area contributed by atoms with E-state index < -0.39 is 0 Å². The SMILES string of the molecule is N#Cc1cccc(-c2ccc(C(=O)NCc3ccc(F)c4cn[nH]c34)cc2OC2CC2)c1. The molecule has 158 valence electrons. The van der Waals surface area contributed by atoms with Crippen LogP contribution in [-0.4, -0.2) is 22.2 Å². The number of H-pyrrole nitrogens is 1. The third-order valence-corrected chi connectivity index (χ3v) is 5.45. The maximum atomic E-state index is 13.9. The molecule has 0 spiro atoms. The molecular weight excluding hydrogens is 407 g/mol. The van der Waals surface area contributed by atoms with Crippen LogP contribution in [0.4, 0.5) is 4.39 Å². The second kappa shape index (κ2) is 8.16. The highest BCUT2D eigenvalue weighted by atomic mass is 19.1. The van der Waals surface area contributed by atoms with E-state index in [0.29, 0.717) is 27.8 Å². The highest BCUT2D eigenvalue weighted by molar-refractivity contribution is 5.96. The summed E-state index contributed by atoms with van der Waals surface area (Å²) in [4.78, 5) is 12.9. The zero-order valence-electron chi connectivity index (χ0n) is 17.1. The van der Waals surface area contributed by atoms with Gasteiger partial charge in [-0.25, -0.2) is 4.39 Å². The fourth-order valence-corrected chi connectivity index (χ4v) is 3.61. The van der Waals surface area contributed by atoms with Crippen LogP contribution in [0.15, 0.2) is 60.8 Å². The maximum Gasteiger partial charge on any atom is 0.251 e. The van der Waals surface area contributed by atoms with Gasteiger partial charge >= 0.3 is 0 Å². The number of hydrogen-bond donors (Lipinski definition) is 2. The van der Waals surface area contributed by atoms with Gasteiger partial charge in [-0.3, -0.25) is 9.89 Å². The molecule has 1 aromatic heterocycles. The van der Waals surface area contributed by atoms with Gasteiger partial charge < -0.3 is 10.1 Å². The van der Waals surface area contributed by atoms with Crippen LogP contribution in [0.3, 0.4) is 0 Å². The zero-order valence-corrected chi connectivity index (χ0v) is 17.1. The minimum Gasteiger partial charge on any atom is -0.490 e. The van der Waals surface area contributed by atoms with Crippen molar-refractivity contribution in [1.29, 1.82) is 5.26 Å². The zero-order chi connectivity index (χ0) is 22.1. The van der Waals surface area contributed by atoms with Gasteiger partial charge in [0.25, 0.3) is 5.91 Å². The van der Waals surface area contributed by atoms with Gasteiger partial charge in [0, 0.05) is 17.7 Å². The average molecular weight is 426 g/mol. The first kappa shape index (κ1) is 19.8. The second-order valence-electron chi connectivity index (χ2n) is 7.77. The molecule has 0 bridgehead atoms. The average Bonchev–Trinajstić information content (AvgIpc) is 3.49. The Morgan fingerprint density at radius 3 is 2.91 bits per heavy atom. The summed E-state index contributed by atoms with van der Waals surface area (Å²) in [5, 5.41) is 19.2. The number of aromatic nitrogens is 2. The number of rotatable bonds is 6. The van der Waals surface area contributed by atoms with Crippen LogP contribution in [0.5, 0.6) is 5.75 Å². The smallest absolute Gasteiger partial charge is 0.251 e. The molecule has 1 aliphatic rings. The van der Waals surface area contributed by atoms with Gasteiger partial charge in [0.1, 0.15) is 11.6 Å². The van der Waals surface area contributed by atoms with Gasteiger partial charge in [0.15, 0.2) is 0 Å². The van der Waals surface area contributed by atoms with E-state index in [2.05, 4.69) is 21.6 Å². The quantitative estimate of drug-likeness (QED) is 0.467. The molecule has 0 radical (unpaired) electrons. The summed E-state index contributed by atoms with van der Waals surface area (Å²) in [6, 6.07) is 17.8. The lowest BCUT2D eigenvalue weighted by Crippen LogP contribution is -2.23. The largest absolute Gasteiger partial charge is 0.490 e. The number of aromatic amines is 1. The molecule has 1 aliphatic carbocycles. The van der Waals surface area contributed by atoms with E-state index in [4.69, 9.17) is 4.74 Å². The Kier molecular flexibility index (Phi) is 5.04. The van der Waals surface area contributed by atoms with Crippen molar-refractivity contribution in [3.05, 3.63) is 83.3 Å². The number of fused-ring (bicyclic) bond motifs is 1. The summed E-state index contributed by atoms with van der Waals surface area (Å²) >= 11 is 0. The van der Waals surface area contributed by atoms with Crippen molar-refractivity contribution in [1.82, 2.24) is 15.5 Å². The van der Waals surface area contributed by atoms with E-state index in [9.17, 15) is 14.4 Å². The second-order valence-corrected chi connectivity index (χ2v) is 7.77. The molecule has 1 heterocycles. The molecule has 5 rings (SSSR count). The molecule has 4 aromatic rings. The minimum atomic E-state index is -0.359. The normalized spacial score (nSPS) is 13.0. The molecule has 0 atom stereocenters. The van der Waals surface area contributed by atoms with Crippen LogP contribution in [0, 0.1) is 17.1 Å². The first-order chi connectivity index (χ1) is 15.6. The summed E-state index contributed by atoms with van der Waals surface area (Å²) in [5.74, 6) is -0.00491. The van der Waals surface area contributed by atoms with Gasteiger partial charge in [-0.2, -0.15) is 10.4 Å². The van der Waals surface area contributed by atoms with Gasteiger partial charge in [-0.15, -0.1) is 0 Å². The number of halogens is 1. The summed E-state index contributed by atoms with van der Waals surface area (Å²) in [6.45, 7) is 0.225. The van der Waals surface area contributed by atoms with Crippen LogP contribution >= 0.6 is 0 Å². The number of carbonyl (C=O) groups is 1. The number of nitrogens with one attached hydrogen (secondary N) is 2. The summed E-state index contributed by atoms with van der Waals surface area (Å²) in [6.07, 6.45) is 3.55. The maximum absolute atomic E-state index is 13.9. The Bertz CT molecular complexity index is 1370. The Balaban J connectivity index is 1.40. The van der Waals surface area contributed by atoms with E-state index in [-0.39, 0.29) is 24.4 Å². The van der Waals surface area contributed by atoms with Crippen molar-refractivity contribution in [3.8, 4) is 22.9 Å². The number of amides is 1. The Morgan fingerprint density at radius 1 is 1.22 bits per heavy atom. The summed E-state index contributed by atoms with van der Waals surface area (Å²) < 4.78 is 19.9. The first-order valence-corrected chi connectivity index (χ1v) is 10.3. The Morgan fingerprint density at radius 2 is 2.09 bits per heavy atom. The molecular formula is C25H19FN4O2. The van der Waals surface area contributed by atoms with Crippen LogP contribution in [0.25, 0.3) is 22.0 Å². The third-order valence-electron chi connectivity index (χ3n) is 5.45. The van der Waals surface area contributed by atoms with E-state index in [0.717, 1.165) is 29.5 Å². The molecule has 1 fully saturated rings. The fourth-order valence-electron chi connectivity index (χ4n) is 3.61. The van der Waals surface area contributed by atoms with Crippen molar-refractivity contribution in [2.75, 3.05) is 0 Å². The number of nitrogens with zero attached hydrogens (tertiary/aromatic N) is 2. The monoisotopic (exact) mass is 426 g/mol. The predicted octanol–water partition coefficient (Wildman–Crippen LogP) is 4.71. The van der Waals surface area contributed by atoms with Crippen molar-refractivity contribution in [2.45, 2.75) is 25.5 Å². The van der Waals surface area contributed by atoms with Crippen molar-refractivity contribution < 1.29 is 13.9 Å². The van der Waals surface area contributed by atoms with Gasteiger partial charge in [0.05, 0.1) is 34.8 Å². The van der Waals surface area contributed by atoms with Crippen LogP contribution in [0.2, 0.25) is 0 Å². The number of benzene rings is 3. The van der Waals surface area contributed by atoms with E-state index in [1.807, 2.05) is 18.2 Å². The van der Waals surface area contributed by atoms with Gasteiger partial charge in [0.2, 0.25) is 0 Å². The topological polar surface area (TPSA) is 90.8 Å². The molecule has 3 aromatic carbocycles. The van der Waals surface area contributed by atoms with Gasteiger partial charge in [-0.05, 0) is 60.4 Å². The molecule has 0 unspecified atom stereocenters. The highest BCUT2D eigenvalue weighted by Gasteiger charge is 2.25. The van der Waals surface area contributed by atoms with E-state index >= 15 is 0 Å². The first-order valence-electron chi connectivity index (χ1n) is 10.3.